The van der Waals surface area contributed by atoms with Gasteiger partial charge < -0.3 is 15.4 Å². The number of nitrogens with zero attached hydrogens (tertiary/aromatic N) is 2. The van der Waals surface area contributed by atoms with Crippen molar-refractivity contribution < 1.29 is 14.5 Å². The van der Waals surface area contributed by atoms with E-state index in [1.807, 2.05) is 0 Å². The summed E-state index contributed by atoms with van der Waals surface area (Å²) in [6.07, 6.45) is -0.694. The smallest absolute Gasteiger partial charge is 0.411 e. The largest absolute Gasteiger partial charge is 0.453 e. The normalized spacial score (nSPS) is 9.72. The summed E-state index contributed by atoms with van der Waals surface area (Å²) in [5.74, 6) is 0. The van der Waals surface area contributed by atoms with Gasteiger partial charge in [-0.25, -0.2) is 4.79 Å². The minimum absolute atomic E-state index is 0.0951. The number of anilines is 3. The van der Waals surface area contributed by atoms with Crippen LogP contribution in [0.2, 0.25) is 0 Å². The van der Waals surface area contributed by atoms with Gasteiger partial charge in [0.25, 0.3) is 5.69 Å². The zero-order chi connectivity index (χ0) is 13.9. The third-order valence-electron chi connectivity index (χ3n) is 2.25. The molecule has 1 amide bonds. The van der Waals surface area contributed by atoms with Crippen molar-refractivity contribution in [1.29, 1.82) is 0 Å². The van der Waals surface area contributed by atoms with E-state index in [0.29, 0.717) is 5.69 Å². The maximum atomic E-state index is 11.1. The van der Waals surface area contributed by atoms with Crippen molar-refractivity contribution in [2.24, 2.45) is 0 Å². The Morgan fingerprint density at radius 3 is 2.56 bits per heavy atom. The van der Waals surface area contributed by atoms with Crippen LogP contribution in [0.4, 0.5) is 27.5 Å². The molecule has 0 atom stereocenters. The number of carbonyl (C=O) groups is 1. The maximum Gasteiger partial charge on any atom is 0.411 e. The minimum Gasteiger partial charge on any atom is -0.453 e. The molecule has 0 aliphatic carbocycles. The number of methoxy groups -OCH3 is 1. The third-order valence-corrected chi connectivity index (χ3v) is 2.25. The number of ether oxygens (including phenoxy) is 1. The van der Waals surface area contributed by atoms with Gasteiger partial charge in [0.05, 0.1) is 23.4 Å². The fourth-order valence-corrected chi connectivity index (χ4v) is 1.37. The molecule has 3 N–H and O–H groups in total. The molecule has 0 spiro atoms. The van der Waals surface area contributed by atoms with Gasteiger partial charge in [-0.2, -0.15) is 0 Å². The number of nitrogen functional groups attached to an aromatic ring is 1. The monoisotopic (exact) mass is 254 g/mol. The van der Waals surface area contributed by atoms with Crippen LogP contribution in [0, 0.1) is 10.1 Å². The van der Waals surface area contributed by atoms with E-state index in [1.54, 1.807) is 19.0 Å². The maximum absolute atomic E-state index is 11.1. The Hall–Kier alpha value is -2.51. The number of carbonyl (C=O) groups excluding carboxylic acids is 1. The van der Waals surface area contributed by atoms with Gasteiger partial charge in [0.15, 0.2) is 0 Å². The number of nitrogens with one attached hydrogen (secondary N) is 1. The number of hydrogen-bond donors (Lipinski definition) is 2. The van der Waals surface area contributed by atoms with Gasteiger partial charge >= 0.3 is 6.09 Å². The summed E-state index contributed by atoms with van der Waals surface area (Å²) in [6.45, 7) is 0. The summed E-state index contributed by atoms with van der Waals surface area (Å²) in [5.41, 5.74) is 6.20. The molecule has 0 radical (unpaired) electrons. The molecule has 1 aromatic rings. The van der Waals surface area contributed by atoms with Crippen molar-refractivity contribution in [1.82, 2.24) is 0 Å². The predicted molar refractivity (Wildman–Crippen MR) is 67.9 cm³/mol. The molecule has 1 aromatic carbocycles. The molecule has 0 unspecified atom stereocenters. The first kappa shape index (κ1) is 13.6. The van der Waals surface area contributed by atoms with Gasteiger partial charge in [-0.05, 0) is 6.07 Å². The average Bonchev–Trinajstić information content (AvgIpc) is 2.30. The Kier molecular flexibility index (Phi) is 3.93. The van der Waals surface area contributed by atoms with Gasteiger partial charge in [0.1, 0.15) is 5.69 Å². The molecule has 0 saturated carbocycles. The molecular formula is C10H14N4O4. The van der Waals surface area contributed by atoms with Gasteiger partial charge in [-0.3, -0.25) is 15.4 Å². The Morgan fingerprint density at radius 2 is 2.11 bits per heavy atom. The van der Waals surface area contributed by atoms with Crippen molar-refractivity contribution >= 4 is 28.8 Å². The number of benzene rings is 1. The Morgan fingerprint density at radius 1 is 1.50 bits per heavy atom. The molecule has 18 heavy (non-hydrogen) atoms. The summed E-state index contributed by atoms with van der Waals surface area (Å²) in [5, 5.41) is 13.3. The molecule has 98 valence electrons. The van der Waals surface area contributed by atoms with E-state index in [9.17, 15) is 14.9 Å². The number of nitro benzene ring substituents is 1. The predicted octanol–water partition coefficient (Wildman–Crippen LogP) is 1.42. The number of nitrogens with two attached hydrogens (primary N) is 1. The minimum atomic E-state index is -0.694. The van der Waals surface area contributed by atoms with Crippen LogP contribution in [0.5, 0.6) is 0 Å². The molecule has 0 bridgehead atoms. The van der Waals surface area contributed by atoms with E-state index in [0.717, 1.165) is 0 Å². The van der Waals surface area contributed by atoms with Crippen LogP contribution in [-0.2, 0) is 4.74 Å². The molecule has 0 fully saturated rings. The lowest BCUT2D eigenvalue weighted by atomic mass is 10.2. The molecule has 0 aliphatic rings. The summed E-state index contributed by atoms with van der Waals surface area (Å²) < 4.78 is 4.43. The summed E-state index contributed by atoms with van der Waals surface area (Å²) in [7, 11) is 4.52. The zero-order valence-corrected chi connectivity index (χ0v) is 10.3. The highest BCUT2D eigenvalue weighted by Gasteiger charge is 2.19. The van der Waals surface area contributed by atoms with Gasteiger partial charge in [-0.15, -0.1) is 0 Å². The average molecular weight is 254 g/mol. The van der Waals surface area contributed by atoms with Crippen LogP contribution < -0.4 is 16.0 Å². The van der Waals surface area contributed by atoms with Crippen LogP contribution in [0.25, 0.3) is 0 Å². The first-order valence-corrected chi connectivity index (χ1v) is 4.97. The van der Waals surface area contributed by atoms with E-state index >= 15 is 0 Å². The van der Waals surface area contributed by atoms with Gasteiger partial charge in [-0.1, -0.05) is 0 Å². The van der Waals surface area contributed by atoms with Crippen molar-refractivity contribution in [3.63, 3.8) is 0 Å². The van der Waals surface area contributed by atoms with Crippen molar-refractivity contribution in [2.75, 3.05) is 37.2 Å². The van der Waals surface area contributed by atoms with Crippen LogP contribution >= 0.6 is 0 Å². The molecule has 0 saturated heterocycles. The lowest BCUT2D eigenvalue weighted by Gasteiger charge is -2.15. The van der Waals surface area contributed by atoms with Gasteiger partial charge in [0, 0.05) is 20.2 Å². The SMILES string of the molecule is COC(=O)Nc1cc(N(C)C)c([N+](=O)[O-])cc1N. The third kappa shape index (κ3) is 2.78. The molecule has 0 aromatic heterocycles. The van der Waals surface area contributed by atoms with Gasteiger partial charge in [0.2, 0.25) is 0 Å². The van der Waals surface area contributed by atoms with E-state index in [2.05, 4.69) is 10.1 Å². The molecule has 8 heteroatoms. The molecule has 0 heterocycles. The van der Waals surface area contributed by atoms with E-state index in [4.69, 9.17) is 5.73 Å². The zero-order valence-electron chi connectivity index (χ0n) is 10.3. The van der Waals surface area contributed by atoms with Crippen LogP contribution in [0.15, 0.2) is 12.1 Å². The first-order chi connectivity index (χ1) is 8.36. The van der Waals surface area contributed by atoms with E-state index < -0.39 is 11.0 Å². The molecular weight excluding hydrogens is 240 g/mol. The number of amides is 1. The molecule has 8 nitrogen and oxygen atoms in total. The quantitative estimate of drug-likeness (QED) is 0.479. The second-order valence-corrected chi connectivity index (χ2v) is 3.70. The second kappa shape index (κ2) is 5.21. The standard InChI is InChI=1S/C10H14N4O4/c1-13(2)8-5-7(12-10(15)18-3)6(11)4-9(8)14(16)17/h4-5H,11H2,1-3H3,(H,12,15). The van der Waals surface area contributed by atoms with Crippen molar-refractivity contribution in [2.45, 2.75) is 0 Å². The summed E-state index contributed by atoms with van der Waals surface area (Å²) >= 11 is 0. The highest BCUT2D eigenvalue weighted by molar-refractivity contribution is 5.91. The van der Waals surface area contributed by atoms with Crippen LogP contribution in [0.3, 0.4) is 0 Å². The van der Waals surface area contributed by atoms with Crippen molar-refractivity contribution in [3.8, 4) is 0 Å². The molecule has 0 aliphatic heterocycles. The lowest BCUT2D eigenvalue weighted by Crippen LogP contribution is -2.15. The highest BCUT2D eigenvalue weighted by atomic mass is 16.6. The summed E-state index contributed by atoms with van der Waals surface area (Å²) in [4.78, 5) is 23.0. The Labute approximate surface area is 103 Å². The number of hydrogen-bond acceptors (Lipinski definition) is 6. The second-order valence-electron chi connectivity index (χ2n) is 3.70. The Balaban J connectivity index is 3.27. The Bertz CT molecular complexity index is 487. The van der Waals surface area contributed by atoms with Crippen molar-refractivity contribution in [3.05, 3.63) is 22.2 Å². The van der Waals surface area contributed by atoms with Crippen LogP contribution in [-0.4, -0.2) is 32.2 Å². The molecule has 1 rings (SSSR count). The number of nitro groups is 1. The highest BCUT2D eigenvalue weighted by Crippen LogP contribution is 2.34. The van der Waals surface area contributed by atoms with Crippen LogP contribution in [0.1, 0.15) is 0 Å². The lowest BCUT2D eigenvalue weighted by molar-refractivity contribution is -0.384. The fourth-order valence-electron chi connectivity index (χ4n) is 1.37. The topological polar surface area (TPSA) is 111 Å². The number of rotatable bonds is 3. The first-order valence-electron chi connectivity index (χ1n) is 4.97. The fraction of sp³-hybridized carbons (Fsp3) is 0.300. The summed E-state index contributed by atoms with van der Waals surface area (Å²) in [6, 6.07) is 2.62. The van der Waals surface area contributed by atoms with E-state index in [1.165, 1.54) is 19.2 Å². The van der Waals surface area contributed by atoms with E-state index in [-0.39, 0.29) is 17.1 Å².